The van der Waals surface area contributed by atoms with Crippen LogP contribution in [0.4, 0.5) is 0 Å². The molecule has 0 bridgehead atoms. The number of halogens is 1. The van der Waals surface area contributed by atoms with Crippen molar-refractivity contribution in [1.29, 1.82) is 0 Å². The number of methoxy groups -OCH3 is 1. The summed E-state index contributed by atoms with van der Waals surface area (Å²) in [6.45, 7) is 2.14. The number of amides is 1. The zero-order valence-corrected chi connectivity index (χ0v) is 13.4. The predicted molar refractivity (Wildman–Crippen MR) is 85.3 cm³/mol. The highest BCUT2D eigenvalue weighted by Gasteiger charge is 2.28. The molecule has 0 spiro atoms. The number of rotatable bonds is 6. The lowest BCUT2D eigenvalue weighted by molar-refractivity contribution is -0.118. The van der Waals surface area contributed by atoms with Crippen LogP contribution in [-0.2, 0) is 4.79 Å². The SMILES string of the molecule is COc1ccc(Cl)cc1C(=O)C1CCCN(CCC(N)=O)C1. The molecule has 5 nitrogen and oxygen atoms in total. The van der Waals surface area contributed by atoms with Crippen molar-refractivity contribution in [1.82, 2.24) is 4.90 Å². The van der Waals surface area contributed by atoms with Crippen molar-refractivity contribution in [3.63, 3.8) is 0 Å². The van der Waals surface area contributed by atoms with Gasteiger partial charge in [-0.1, -0.05) is 11.6 Å². The number of likely N-dealkylation sites (tertiary alicyclic amines) is 1. The topological polar surface area (TPSA) is 72.6 Å². The smallest absolute Gasteiger partial charge is 0.218 e. The Morgan fingerprint density at radius 2 is 2.23 bits per heavy atom. The van der Waals surface area contributed by atoms with E-state index in [2.05, 4.69) is 4.90 Å². The van der Waals surface area contributed by atoms with Crippen molar-refractivity contribution >= 4 is 23.3 Å². The van der Waals surface area contributed by atoms with Crippen LogP contribution in [-0.4, -0.2) is 43.3 Å². The Balaban J connectivity index is 2.08. The van der Waals surface area contributed by atoms with E-state index in [0.29, 0.717) is 35.8 Å². The molecule has 1 aromatic rings. The van der Waals surface area contributed by atoms with Crippen LogP contribution < -0.4 is 10.5 Å². The second-order valence-corrected chi connectivity index (χ2v) is 6.00. The number of hydrogen-bond donors (Lipinski definition) is 1. The van der Waals surface area contributed by atoms with E-state index < -0.39 is 0 Å². The third kappa shape index (κ3) is 4.21. The molecule has 1 aromatic carbocycles. The first-order chi connectivity index (χ1) is 10.5. The number of ether oxygens (including phenoxy) is 1. The number of Topliss-reactive ketones (excluding diaryl/α,β-unsaturated/α-hetero) is 1. The van der Waals surface area contributed by atoms with E-state index in [1.54, 1.807) is 25.3 Å². The Morgan fingerprint density at radius 3 is 2.91 bits per heavy atom. The summed E-state index contributed by atoms with van der Waals surface area (Å²) in [5.74, 6) is 0.172. The fraction of sp³-hybridized carbons (Fsp3) is 0.500. The van der Waals surface area contributed by atoms with Gasteiger partial charge >= 0.3 is 0 Å². The summed E-state index contributed by atoms with van der Waals surface area (Å²) in [6.07, 6.45) is 2.08. The van der Waals surface area contributed by atoms with Crippen LogP contribution in [0.2, 0.25) is 5.02 Å². The van der Waals surface area contributed by atoms with Gasteiger partial charge in [-0.3, -0.25) is 9.59 Å². The van der Waals surface area contributed by atoms with E-state index in [4.69, 9.17) is 22.1 Å². The highest BCUT2D eigenvalue weighted by atomic mass is 35.5. The highest BCUT2D eigenvalue weighted by molar-refractivity contribution is 6.31. The van der Waals surface area contributed by atoms with Crippen molar-refractivity contribution in [2.24, 2.45) is 11.7 Å². The molecule has 1 unspecified atom stereocenters. The van der Waals surface area contributed by atoms with Gasteiger partial charge in [0.1, 0.15) is 5.75 Å². The van der Waals surface area contributed by atoms with E-state index in [-0.39, 0.29) is 17.6 Å². The molecule has 6 heteroatoms. The van der Waals surface area contributed by atoms with Crippen molar-refractivity contribution in [3.05, 3.63) is 28.8 Å². The summed E-state index contributed by atoms with van der Waals surface area (Å²) in [5.41, 5.74) is 5.71. The Labute approximate surface area is 135 Å². The Hall–Kier alpha value is -1.59. The summed E-state index contributed by atoms with van der Waals surface area (Å²) < 4.78 is 5.26. The zero-order chi connectivity index (χ0) is 16.1. The lowest BCUT2D eigenvalue weighted by Gasteiger charge is -2.31. The maximum atomic E-state index is 12.8. The maximum absolute atomic E-state index is 12.8. The number of carbonyl (C=O) groups is 2. The van der Waals surface area contributed by atoms with Gasteiger partial charge in [-0.05, 0) is 37.6 Å². The molecule has 1 fully saturated rings. The van der Waals surface area contributed by atoms with E-state index in [1.165, 1.54) is 0 Å². The monoisotopic (exact) mass is 324 g/mol. The first kappa shape index (κ1) is 16.8. The first-order valence-corrected chi connectivity index (χ1v) is 7.77. The summed E-state index contributed by atoms with van der Waals surface area (Å²) in [4.78, 5) is 25.8. The summed E-state index contributed by atoms with van der Waals surface area (Å²) in [6, 6.07) is 5.07. The van der Waals surface area contributed by atoms with Gasteiger partial charge in [0.05, 0.1) is 12.7 Å². The number of nitrogens with zero attached hydrogens (tertiary/aromatic N) is 1. The standard InChI is InChI=1S/C16H21ClN2O3/c1-22-14-5-4-12(17)9-13(14)16(21)11-3-2-7-19(10-11)8-6-15(18)20/h4-5,9,11H,2-3,6-8,10H2,1H3,(H2,18,20). The van der Waals surface area contributed by atoms with Gasteiger partial charge in [-0.15, -0.1) is 0 Å². The number of primary amides is 1. The van der Waals surface area contributed by atoms with E-state index in [9.17, 15) is 9.59 Å². The molecule has 22 heavy (non-hydrogen) atoms. The average molecular weight is 325 g/mol. The number of benzene rings is 1. The van der Waals surface area contributed by atoms with Gasteiger partial charge in [0.25, 0.3) is 0 Å². The second kappa shape index (κ2) is 7.61. The molecule has 1 amide bonds. The molecule has 1 saturated heterocycles. The van der Waals surface area contributed by atoms with E-state index >= 15 is 0 Å². The predicted octanol–water partition coefficient (Wildman–Crippen LogP) is 2.12. The molecule has 0 aromatic heterocycles. The van der Waals surface area contributed by atoms with Crippen LogP contribution in [0.15, 0.2) is 18.2 Å². The minimum Gasteiger partial charge on any atom is -0.496 e. The van der Waals surface area contributed by atoms with Gasteiger partial charge in [0, 0.05) is 30.5 Å². The molecule has 1 aliphatic heterocycles. The molecule has 0 saturated carbocycles. The zero-order valence-electron chi connectivity index (χ0n) is 12.7. The molecule has 1 atom stereocenters. The number of nitrogens with two attached hydrogens (primary N) is 1. The van der Waals surface area contributed by atoms with Gasteiger partial charge in [-0.25, -0.2) is 0 Å². The quantitative estimate of drug-likeness (QED) is 0.813. The van der Waals surface area contributed by atoms with Crippen molar-refractivity contribution in [2.45, 2.75) is 19.3 Å². The molecule has 1 aliphatic rings. The maximum Gasteiger partial charge on any atom is 0.218 e. The molecular weight excluding hydrogens is 304 g/mol. The summed E-state index contributed by atoms with van der Waals surface area (Å²) >= 11 is 6.00. The van der Waals surface area contributed by atoms with Gasteiger partial charge in [-0.2, -0.15) is 0 Å². The van der Waals surface area contributed by atoms with Crippen LogP contribution in [0.3, 0.4) is 0 Å². The average Bonchev–Trinajstić information content (AvgIpc) is 2.52. The van der Waals surface area contributed by atoms with Crippen molar-refractivity contribution in [2.75, 3.05) is 26.7 Å². The molecule has 2 rings (SSSR count). The summed E-state index contributed by atoms with van der Waals surface area (Å²) in [7, 11) is 1.54. The molecule has 1 heterocycles. The molecular formula is C16H21ClN2O3. The lowest BCUT2D eigenvalue weighted by atomic mass is 9.89. The number of hydrogen-bond acceptors (Lipinski definition) is 4. The molecule has 2 N–H and O–H groups in total. The first-order valence-electron chi connectivity index (χ1n) is 7.39. The van der Waals surface area contributed by atoms with Crippen molar-refractivity contribution < 1.29 is 14.3 Å². The van der Waals surface area contributed by atoms with Crippen molar-refractivity contribution in [3.8, 4) is 5.75 Å². The molecule has 120 valence electrons. The van der Waals surface area contributed by atoms with E-state index in [0.717, 1.165) is 19.4 Å². The largest absolute Gasteiger partial charge is 0.496 e. The van der Waals surface area contributed by atoms with Crippen LogP contribution >= 0.6 is 11.6 Å². The van der Waals surface area contributed by atoms with Crippen LogP contribution in [0, 0.1) is 5.92 Å². The van der Waals surface area contributed by atoms with E-state index in [1.807, 2.05) is 0 Å². The highest BCUT2D eigenvalue weighted by Crippen LogP contribution is 2.28. The second-order valence-electron chi connectivity index (χ2n) is 5.56. The van der Waals surface area contributed by atoms with Gasteiger partial charge in [0.15, 0.2) is 5.78 Å². The fourth-order valence-corrected chi connectivity index (χ4v) is 3.01. The Kier molecular flexibility index (Phi) is 5.80. The minimum absolute atomic E-state index is 0.0446. The molecule has 0 radical (unpaired) electrons. The number of ketones is 1. The van der Waals surface area contributed by atoms with Gasteiger partial charge in [0.2, 0.25) is 5.91 Å². The lowest BCUT2D eigenvalue weighted by Crippen LogP contribution is -2.40. The minimum atomic E-state index is -0.315. The number of carbonyl (C=O) groups excluding carboxylic acids is 2. The summed E-state index contributed by atoms with van der Waals surface area (Å²) in [5, 5.41) is 0.519. The van der Waals surface area contributed by atoms with Crippen LogP contribution in [0.5, 0.6) is 5.75 Å². The fourth-order valence-electron chi connectivity index (χ4n) is 2.83. The van der Waals surface area contributed by atoms with Crippen LogP contribution in [0.25, 0.3) is 0 Å². The van der Waals surface area contributed by atoms with Crippen LogP contribution in [0.1, 0.15) is 29.6 Å². The van der Waals surface area contributed by atoms with Gasteiger partial charge < -0.3 is 15.4 Å². The number of piperidine rings is 1. The molecule has 0 aliphatic carbocycles. The Bertz CT molecular complexity index is 562. The Morgan fingerprint density at radius 1 is 1.45 bits per heavy atom. The normalized spacial score (nSPS) is 18.9. The third-order valence-electron chi connectivity index (χ3n) is 3.98. The third-order valence-corrected chi connectivity index (χ3v) is 4.21.